The number of methoxy groups -OCH3 is 1. The number of ether oxygens (including phenoxy) is 5. The summed E-state index contributed by atoms with van der Waals surface area (Å²) in [6.45, 7) is 19.4. The van der Waals surface area contributed by atoms with Crippen LogP contribution in [0.5, 0.6) is 0 Å². The van der Waals surface area contributed by atoms with Crippen LogP contribution in [0.1, 0.15) is 105 Å². The van der Waals surface area contributed by atoms with E-state index in [2.05, 4.69) is 18.6 Å². The Morgan fingerprint density at radius 2 is 1.15 bits per heavy atom. The normalized spacial score (nSPS) is 23.8. The van der Waals surface area contributed by atoms with Crippen molar-refractivity contribution in [3.63, 3.8) is 0 Å². The Kier molecular flexibility index (Phi) is 22.3. The first-order valence-corrected chi connectivity index (χ1v) is 20.8. The van der Waals surface area contributed by atoms with Crippen LogP contribution in [0, 0.1) is 64.9 Å². The fourth-order valence-electron chi connectivity index (χ4n) is 7.96. The van der Waals surface area contributed by atoms with Gasteiger partial charge in [-0.05, 0) is 115 Å². The molecule has 0 N–H and O–H groups in total. The molecule has 65 heavy (non-hydrogen) atoms. The smallest absolute Gasteiger partial charge is 0.467 e. The molecule has 3 heterocycles. The van der Waals surface area contributed by atoms with Crippen LogP contribution in [0.4, 0.5) is 27.2 Å². The van der Waals surface area contributed by atoms with Crippen molar-refractivity contribution in [2.75, 3.05) is 33.4 Å². The topological polar surface area (TPSA) is 168 Å². The van der Waals surface area contributed by atoms with Gasteiger partial charge in [-0.25, -0.2) is 36.7 Å². The Morgan fingerprint density at radius 3 is 1.45 bits per heavy atom. The molecule has 19 heteroatoms. The number of nitriles is 2. The Morgan fingerprint density at radius 1 is 0.785 bits per heavy atom. The van der Waals surface area contributed by atoms with Crippen molar-refractivity contribution < 1.29 is 79.3 Å². The van der Waals surface area contributed by atoms with Crippen LogP contribution in [0.3, 0.4) is 0 Å². The number of likely N-dealkylation sites (tertiary alicyclic amines) is 2. The van der Waals surface area contributed by atoms with Crippen molar-refractivity contribution in [3.8, 4) is 12.3 Å². The largest absolute Gasteiger partial charge is 1.00 e. The van der Waals surface area contributed by atoms with Gasteiger partial charge in [-0.15, -0.1) is 17.7 Å². The van der Waals surface area contributed by atoms with Gasteiger partial charge in [0.05, 0.1) is 13.2 Å². The van der Waals surface area contributed by atoms with Crippen molar-refractivity contribution >= 4 is 36.5 Å². The maximum absolute atomic E-state index is 14.3. The molecular formula is C46H60ClF4LiN4O9. The van der Waals surface area contributed by atoms with E-state index in [0.29, 0.717) is 12.8 Å². The fourth-order valence-corrected chi connectivity index (χ4v) is 7.96. The predicted molar refractivity (Wildman–Crippen MR) is 228 cm³/mol. The Hall–Kier alpha value is -4.53. The number of nitrogens with zero attached hydrogens (tertiary/aromatic N) is 4. The summed E-state index contributed by atoms with van der Waals surface area (Å²) >= 11 is 0. The van der Waals surface area contributed by atoms with Crippen LogP contribution >= 0.6 is 12.4 Å². The summed E-state index contributed by atoms with van der Waals surface area (Å²) in [5.74, 6) is -4.57. The third kappa shape index (κ3) is 15.0. The van der Waals surface area contributed by atoms with Gasteiger partial charge in [0.15, 0.2) is 0 Å². The Balaban J connectivity index is 0.000000506. The number of esters is 2. The molecule has 5 aliphatic rings. The number of carbonyl (C=O) groups excluding carboxylic acids is 4. The van der Waals surface area contributed by atoms with E-state index in [0.717, 1.165) is 60.9 Å². The average Bonchev–Trinajstić information content (AvgIpc) is 3.81. The summed E-state index contributed by atoms with van der Waals surface area (Å²) in [6, 6.07) is 6.18. The number of halogens is 5. The van der Waals surface area contributed by atoms with E-state index in [1.165, 1.54) is 44.5 Å². The second-order valence-electron chi connectivity index (χ2n) is 17.7. The van der Waals surface area contributed by atoms with Gasteiger partial charge in [0, 0.05) is 55.9 Å². The minimum atomic E-state index is -1.08. The molecule has 0 bridgehead atoms. The van der Waals surface area contributed by atoms with Crippen molar-refractivity contribution in [2.45, 2.75) is 128 Å². The van der Waals surface area contributed by atoms with Gasteiger partial charge in [0.25, 0.3) is 6.26 Å². The maximum atomic E-state index is 14.3. The monoisotopic (exact) mass is 930 g/mol. The number of unbranched alkanes of at least 4 members (excludes halogenated alkanes) is 1. The third-order valence-electron chi connectivity index (χ3n) is 10.8. The van der Waals surface area contributed by atoms with Gasteiger partial charge in [-0.1, -0.05) is 13.3 Å². The minimum absolute atomic E-state index is 0. The molecule has 7 rings (SSSR count). The van der Waals surface area contributed by atoms with Crippen molar-refractivity contribution in [2.24, 2.45) is 11.8 Å². The number of amides is 2. The zero-order chi connectivity index (χ0) is 47.5. The van der Waals surface area contributed by atoms with Crippen molar-refractivity contribution in [3.05, 3.63) is 77.7 Å². The number of fused-ring (bicyclic) bond motifs is 2. The molecule has 5 fully saturated rings. The molecule has 2 aromatic rings. The Bertz CT molecular complexity index is 2030. The van der Waals surface area contributed by atoms with Gasteiger partial charge in [-0.3, -0.25) is 9.80 Å². The van der Waals surface area contributed by atoms with Crippen LogP contribution in [-0.2, 0) is 44.1 Å². The zero-order valence-corrected chi connectivity index (χ0v) is 39.8. The molecule has 2 amide bonds. The maximum Gasteiger partial charge on any atom is 1.00 e. The van der Waals surface area contributed by atoms with E-state index in [-0.39, 0.29) is 61.4 Å². The van der Waals surface area contributed by atoms with Crippen LogP contribution in [0.2, 0.25) is 0 Å². The SMILES string of the molecule is C1CCOC1.CC#N.CC(C)(C)OC(=O)N1C[C@@]2(c3cc(F)ccc3F)C[C@H]2C1C(=O)OC#N.COC(=O)C1[C@@H]2C[C@]2(c2cc(F)ccc2F)CN1C(=O)OC(C)(C)C.Cl.[CH2-]CCC.[Li+]. The third-order valence-corrected chi connectivity index (χ3v) is 10.8. The molecule has 2 aromatic carbocycles. The summed E-state index contributed by atoms with van der Waals surface area (Å²) in [5.41, 5.74) is -2.89. The molecular weight excluding hydrogens is 871 g/mol. The summed E-state index contributed by atoms with van der Waals surface area (Å²) in [7, 11) is 1.24. The summed E-state index contributed by atoms with van der Waals surface area (Å²) in [6.07, 6.45) is 5.59. The average molecular weight is 931 g/mol. The molecule has 2 aliphatic carbocycles. The van der Waals surface area contributed by atoms with E-state index < -0.39 is 87.4 Å². The molecule has 3 aliphatic heterocycles. The molecule has 2 saturated carbocycles. The molecule has 354 valence electrons. The summed E-state index contributed by atoms with van der Waals surface area (Å²) in [4.78, 5) is 51.9. The molecule has 3 saturated heterocycles. The second kappa shape index (κ2) is 24.8. The summed E-state index contributed by atoms with van der Waals surface area (Å²) < 4.78 is 80.7. The van der Waals surface area contributed by atoms with Gasteiger partial charge in [0.1, 0.15) is 46.6 Å². The standard InChI is InChI=1S/C18H18F2N2O4.C18H21F2NO4.C4H8O.C4H9.C2H3N.ClH.Li/c1-17(2,3)26-16(24)22-8-18(11-6-10(19)4-5-13(11)20)7-12(18)14(22)15(23)25-9-21;1-17(2,3)25-16(23)21-9-18(8-12(18)14(21)15(22)24-4)11-7-10(19)5-6-13(11)20;1-2-4-5-3-1;1-3-4-2;1-2-3;;/h4-6,12,14H,7-8H2,1-3H3;5-7,12,14H,8-9H2,1-4H3;1-4H2;1,3-4H2,2H3;1H3;1H;/q;;;-1;;;+1/t2*12-,14?,18+;;;;;/m00...../s1. The fraction of sp³-hybridized carbons (Fsp3) is 0.587. The van der Waals surface area contributed by atoms with E-state index >= 15 is 0 Å². The van der Waals surface area contributed by atoms with Gasteiger partial charge >= 0.3 is 43.0 Å². The van der Waals surface area contributed by atoms with Crippen LogP contribution in [0.15, 0.2) is 36.4 Å². The Labute approximate surface area is 398 Å². The number of carbonyl (C=O) groups is 4. The first kappa shape index (κ1) is 58.5. The molecule has 2 unspecified atom stereocenters. The summed E-state index contributed by atoms with van der Waals surface area (Å²) in [5, 5.41) is 16.0. The van der Waals surface area contributed by atoms with Crippen LogP contribution < -0.4 is 18.9 Å². The number of hydrogen-bond donors (Lipinski definition) is 0. The van der Waals surface area contributed by atoms with Crippen LogP contribution in [-0.4, -0.2) is 90.6 Å². The van der Waals surface area contributed by atoms with E-state index in [1.807, 2.05) is 0 Å². The number of rotatable bonds is 5. The molecule has 0 radical (unpaired) electrons. The number of benzene rings is 2. The van der Waals surface area contributed by atoms with Gasteiger partial charge < -0.3 is 30.6 Å². The van der Waals surface area contributed by atoms with Gasteiger partial charge in [0.2, 0.25) is 0 Å². The number of hydrogen-bond acceptors (Lipinski definition) is 11. The van der Waals surface area contributed by atoms with Crippen molar-refractivity contribution in [1.29, 1.82) is 10.5 Å². The number of piperidine rings is 2. The molecule has 0 spiro atoms. The quantitative estimate of drug-likeness (QED) is 0.0830. The van der Waals surface area contributed by atoms with Crippen molar-refractivity contribution in [1.82, 2.24) is 9.80 Å². The van der Waals surface area contributed by atoms with E-state index in [1.54, 1.807) is 47.6 Å². The van der Waals surface area contributed by atoms with Crippen LogP contribution in [0.25, 0.3) is 0 Å². The first-order valence-electron chi connectivity index (χ1n) is 20.8. The second-order valence-corrected chi connectivity index (χ2v) is 17.7. The minimum Gasteiger partial charge on any atom is -0.467 e. The van der Waals surface area contributed by atoms with Gasteiger partial charge in [-0.2, -0.15) is 11.7 Å². The van der Waals surface area contributed by atoms with E-state index in [4.69, 9.17) is 29.5 Å². The van der Waals surface area contributed by atoms with E-state index in [9.17, 15) is 36.7 Å². The first-order chi connectivity index (χ1) is 29.5. The predicted octanol–water partition coefficient (Wildman–Crippen LogP) is 6.25. The molecule has 6 atom stereocenters. The molecule has 0 aromatic heterocycles. The molecule has 13 nitrogen and oxygen atoms in total. The zero-order valence-electron chi connectivity index (χ0n) is 38.9.